The predicted molar refractivity (Wildman–Crippen MR) is 68.4 cm³/mol. The normalized spacial score (nSPS) is 10.5. The van der Waals surface area contributed by atoms with Crippen LogP contribution >= 0.6 is 0 Å². The largest absolute Gasteiger partial charge is 0.360 e. The maximum Gasteiger partial charge on any atom is 0.346 e. The minimum Gasteiger partial charge on any atom is -0.360 e. The first-order valence-electron chi connectivity index (χ1n) is 5.61. The van der Waals surface area contributed by atoms with Gasteiger partial charge in [0.2, 0.25) is 5.82 Å². The molecule has 1 heterocycles. The van der Waals surface area contributed by atoms with E-state index in [4.69, 9.17) is 0 Å². The molecular weight excluding hydrogens is 251 g/mol. The number of rotatable bonds is 3. The zero-order valence-corrected chi connectivity index (χ0v) is 10.6. The van der Waals surface area contributed by atoms with Crippen molar-refractivity contribution in [1.29, 1.82) is 0 Å². The lowest BCUT2D eigenvalue weighted by Crippen LogP contribution is -2.39. The number of nitrogens with one attached hydrogen (secondary N) is 1. The molecule has 6 nitrogen and oxygen atoms in total. The summed E-state index contributed by atoms with van der Waals surface area (Å²) in [6.45, 7) is 0.320. The molecule has 2 aromatic rings. The van der Waals surface area contributed by atoms with Crippen molar-refractivity contribution in [2.24, 2.45) is 14.1 Å². The van der Waals surface area contributed by atoms with Crippen molar-refractivity contribution in [3.63, 3.8) is 0 Å². The Morgan fingerprint density at radius 1 is 1.21 bits per heavy atom. The van der Waals surface area contributed by atoms with E-state index < -0.39 is 11.2 Å². The molecule has 1 aromatic heterocycles. The highest BCUT2D eigenvalue weighted by Crippen LogP contribution is 2.04. The van der Waals surface area contributed by atoms with E-state index in [0.29, 0.717) is 6.54 Å². The summed E-state index contributed by atoms with van der Waals surface area (Å²) < 4.78 is 14.8. The Labute approximate surface area is 108 Å². The molecule has 0 radical (unpaired) electrons. The molecule has 0 aliphatic rings. The number of halogens is 1. The molecule has 1 aromatic carbocycles. The first-order valence-corrected chi connectivity index (χ1v) is 5.61. The zero-order valence-electron chi connectivity index (χ0n) is 10.6. The molecule has 0 amide bonds. The quantitative estimate of drug-likeness (QED) is 0.861. The van der Waals surface area contributed by atoms with Gasteiger partial charge in [-0.05, 0) is 17.7 Å². The van der Waals surface area contributed by atoms with E-state index >= 15 is 0 Å². The Morgan fingerprint density at radius 2 is 1.84 bits per heavy atom. The lowest BCUT2D eigenvalue weighted by Gasteiger charge is -2.07. The summed E-state index contributed by atoms with van der Waals surface area (Å²) in [4.78, 5) is 23.2. The number of benzene rings is 1. The van der Waals surface area contributed by atoms with Crippen LogP contribution in [0.15, 0.2) is 33.9 Å². The molecule has 0 aliphatic carbocycles. The summed E-state index contributed by atoms with van der Waals surface area (Å²) in [5.41, 5.74) is -0.179. The smallest absolute Gasteiger partial charge is 0.346 e. The van der Waals surface area contributed by atoms with Crippen LogP contribution in [0.2, 0.25) is 0 Å². The zero-order chi connectivity index (χ0) is 14.0. The number of aryl methyl sites for hydroxylation is 1. The third-order valence-electron chi connectivity index (χ3n) is 2.69. The molecule has 0 saturated heterocycles. The van der Waals surface area contributed by atoms with Crippen molar-refractivity contribution in [2.45, 2.75) is 6.54 Å². The Balaban J connectivity index is 2.23. The Bertz CT molecular complexity index is 703. The maximum absolute atomic E-state index is 12.7. The van der Waals surface area contributed by atoms with Crippen LogP contribution in [-0.4, -0.2) is 14.3 Å². The minimum atomic E-state index is -0.495. The standard InChI is InChI=1S/C12H13FN4O2/c1-16-11(18)10(15-17(2)12(16)19)14-7-8-3-5-9(13)6-4-8/h3-6H,7H2,1-2H3,(H,14,15). The third kappa shape index (κ3) is 2.70. The van der Waals surface area contributed by atoms with Gasteiger partial charge in [0.15, 0.2) is 0 Å². The third-order valence-corrected chi connectivity index (χ3v) is 2.69. The second-order valence-electron chi connectivity index (χ2n) is 4.10. The molecule has 1 N–H and O–H groups in total. The van der Waals surface area contributed by atoms with E-state index in [0.717, 1.165) is 14.8 Å². The van der Waals surface area contributed by atoms with Gasteiger partial charge in [0, 0.05) is 20.6 Å². The average Bonchev–Trinajstić information content (AvgIpc) is 2.41. The van der Waals surface area contributed by atoms with Crippen LogP contribution in [-0.2, 0) is 20.6 Å². The van der Waals surface area contributed by atoms with Crippen molar-refractivity contribution in [3.05, 3.63) is 56.5 Å². The summed E-state index contributed by atoms with van der Waals surface area (Å²) in [6.07, 6.45) is 0. The van der Waals surface area contributed by atoms with Gasteiger partial charge in [-0.15, -0.1) is 5.10 Å². The van der Waals surface area contributed by atoms with Crippen LogP contribution in [0.1, 0.15) is 5.56 Å². The molecule has 0 unspecified atom stereocenters. The van der Waals surface area contributed by atoms with Crippen LogP contribution in [0.25, 0.3) is 0 Å². The number of hydrogen-bond donors (Lipinski definition) is 1. The molecule has 19 heavy (non-hydrogen) atoms. The van der Waals surface area contributed by atoms with Crippen molar-refractivity contribution in [2.75, 3.05) is 5.32 Å². The fourth-order valence-electron chi connectivity index (χ4n) is 1.60. The summed E-state index contributed by atoms with van der Waals surface area (Å²) in [5.74, 6) is -0.242. The van der Waals surface area contributed by atoms with Gasteiger partial charge >= 0.3 is 5.69 Å². The van der Waals surface area contributed by atoms with Gasteiger partial charge in [0.1, 0.15) is 5.82 Å². The van der Waals surface area contributed by atoms with Crippen molar-refractivity contribution >= 4 is 5.82 Å². The monoisotopic (exact) mass is 264 g/mol. The Morgan fingerprint density at radius 3 is 2.47 bits per heavy atom. The van der Waals surface area contributed by atoms with E-state index in [2.05, 4.69) is 10.4 Å². The Hall–Kier alpha value is -2.44. The maximum atomic E-state index is 12.7. The van der Waals surface area contributed by atoms with Gasteiger partial charge in [0.05, 0.1) is 0 Å². The second kappa shape index (κ2) is 5.05. The Kier molecular flexibility index (Phi) is 3.46. The van der Waals surface area contributed by atoms with Crippen molar-refractivity contribution < 1.29 is 4.39 Å². The van der Waals surface area contributed by atoms with E-state index in [-0.39, 0.29) is 11.6 Å². The predicted octanol–water partition coefficient (Wildman–Crippen LogP) is 0.230. The summed E-state index contributed by atoms with van der Waals surface area (Å²) in [7, 11) is 2.85. The number of hydrogen-bond acceptors (Lipinski definition) is 4. The highest BCUT2D eigenvalue weighted by atomic mass is 19.1. The summed E-state index contributed by atoms with van der Waals surface area (Å²) in [5, 5.41) is 6.68. The van der Waals surface area contributed by atoms with E-state index in [1.165, 1.54) is 26.2 Å². The molecule has 2 rings (SSSR count). The lowest BCUT2D eigenvalue weighted by molar-refractivity contribution is 0.604. The highest BCUT2D eigenvalue weighted by Gasteiger charge is 2.07. The number of aromatic nitrogens is 3. The first kappa shape index (κ1) is 13.0. The molecular formula is C12H13FN4O2. The highest BCUT2D eigenvalue weighted by molar-refractivity contribution is 5.31. The lowest BCUT2D eigenvalue weighted by atomic mass is 10.2. The van der Waals surface area contributed by atoms with Crippen LogP contribution in [0, 0.1) is 5.82 Å². The van der Waals surface area contributed by atoms with Crippen molar-refractivity contribution in [3.8, 4) is 0 Å². The van der Waals surface area contributed by atoms with E-state index in [9.17, 15) is 14.0 Å². The fraction of sp³-hybridized carbons (Fsp3) is 0.250. The molecule has 7 heteroatoms. The first-order chi connectivity index (χ1) is 8.99. The van der Waals surface area contributed by atoms with Gasteiger partial charge in [-0.25, -0.2) is 13.9 Å². The number of anilines is 1. The number of nitrogens with zero attached hydrogens (tertiary/aromatic N) is 3. The van der Waals surface area contributed by atoms with Gasteiger partial charge in [0.25, 0.3) is 5.56 Å². The molecule has 100 valence electrons. The summed E-state index contributed by atoms with van der Waals surface area (Å²) in [6, 6.07) is 5.89. The average molecular weight is 264 g/mol. The van der Waals surface area contributed by atoms with Gasteiger partial charge < -0.3 is 5.32 Å². The van der Waals surface area contributed by atoms with Crippen LogP contribution in [0.3, 0.4) is 0 Å². The van der Waals surface area contributed by atoms with Crippen molar-refractivity contribution in [1.82, 2.24) is 14.3 Å². The molecule has 0 atom stereocenters. The van der Waals surface area contributed by atoms with E-state index in [1.807, 2.05) is 0 Å². The molecule has 0 saturated carbocycles. The SMILES string of the molecule is Cn1nc(NCc2ccc(F)cc2)c(=O)n(C)c1=O. The van der Waals surface area contributed by atoms with Gasteiger partial charge in [-0.2, -0.15) is 0 Å². The summed E-state index contributed by atoms with van der Waals surface area (Å²) >= 11 is 0. The molecule has 0 aliphatic heterocycles. The van der Waals surface area contributed by atoms with Gasteiger partial charge in [-0.3, -0.25) is 9.36 Å². The molecule has 0 spiro atoms. The van der Waals surface area contributed by atoms with Crippen LogP contribution in [0.5, 0.6) is 0 Å². The van der Waals surface area contributed by atoms with Crippen LogP contribution in [0.4, 0.5) is 10.2 Å². The molecule has 0 fully saturated rings. The second-order valence-corrected chi connectivity index (χ2v) is 4.10. The van der Waals surface area contributed by atoms with E-state index in [1.54, 1.807) is 12.1 Å². The molecule has 0 bridgehead atoms. The van der Waals surface area contributed by atoms with Gasteiger partial charge in [-0.1, -0.05) is 12.1 Å². The minimum absolute atomic E-state index is 0.0777. The topological polar surface area (TPSA) is 68.9 Å². The van der Waals surface area contributed by atoms with Crippen LogP contribution < -0.4 is 16.6 Å². The fourth-order valence-corrected chi connectivity index (χ4v) is 1.60.